The molecule has 0 radical (unpaired) electrons. The second-order valence-electron chi connectivity index (χ2n) is 3.82. The van der Waals surface area contributed by atoms with Gasteiger partial charge in [-0.1, -0.05) is 0 Å². The van der Waals surface area contributed by atoms with Crippen molar-refractivity contribution < 1.29 is 22.3 Å². The number of alkyl halides is 3. The Hall–Kier alpha value is -2.65. The second-order valence-corrected chi connectivity index (χ2v) is 3.82. The third-order valence-corrected chi connectivity index (χ3v) is 2.35. The third-order valence-electron chi connectivity index (χ3n) is 2.35. The van der Waals surface area contributed by atoms with E-state index >= 15 is 0 Å². The van der Waals surface area contributed by atoms with Crippen molar-refractivity contribution in [2.75, 3.05) is 18.2 Å². The van der Waals surface area contributed by atoms with Crippen LogP contribution in [0, 0.1) is 5.82 Å². The van der Waals surface area contributed by atoms with Crippen molar-refractivity contribution in [2.24, 2.45) is 0 Å². The van der Waals surface area contributed by atoms with Gasteiger partial charge in [-0.3, -0.25) is 0 Å². The van der Waals surface area contributed by atoms with E-state index in [0.717, 1.165) is 0 Å². The average Bonchev–Trinajstić information content (AvgIpc) is 2.39. The van der Waals surface area contributed by atoms with Gasteiger partial charge in [0.1, 0.15) is 5.82 Å². The molecule has 0 atom stereocenters. The highest BCUT2D eigenvalue weighted by atomic mass is 19.4. The van der Waals surface area contributed by atoms with Crippen LogP contribution in [-0.4, -0.2) is 22.1 Å². The van der Waals surface area contributed by atoms with Crippen molar-refractivity contribution in [3.05, 3.63) is 29.6 Å². The first-order chi connectivity index (χ1) is 9.79. The van der Waals surface area contributed by atoms with Crippen molar-refractivity contribution in [3.8, 4) is 6.01 Å². The highest BCUT2D eigenvalue weighted by Crippen LogP contribution is 2.32. The van der Waals surface area contributed by atoms with E-state index in [1.165, 1.54) is 7.11 Å². The molecule has 0 unspecified atom stereocenters. The lowest BCUT2D eigenvalue weighted by atomic mass is 10.2. The fourth-order valence-corrected chi connectivity index (χ4v) is 1.44. The summed E-state index contributed by atoms with van der Waals surface area (Å²) in [5.74, 6) is -1.37. The highest BCUT2D eigenvalue weighted by molar-refractivity contribution is 5.56. The molecular weight excluding hydrogens is 294 g/mol. The summed E-state index contributed by atoms with van der Waals surface area (Å²) in [5.41, 5.74) is 3.91. The van der Waals surface area contributed by atoms with Gasteiger partial charge >= 0.3 is 12.2 Å². The van der Waals surface area contributed by atoms with Crippen LogP contribution in [-0.2, 0) is 6.18 Å². The number of aromatic nitrogens is 3. The summed E-state index contributed by atoms with van der Waals surface area (Å²) in [7, 11) is 1.27. The van der Waals surface area contributed by atoms with Crippen LogP contribution in [0.1, 0.15) is 5.56 Å². The fraction of sp³-hybridized carbons (Fsp3) is 0.182. The molecule has 0 saturated heterocycles. The molecule has 0 amide bonds. The van der Waals surface area contributed by atoms with Gasteiger partial charge in [0.25, 0.3) is 0 Å². The van der Waals surface area contributed by atoms with Gasteiger partial charge in [0.15, 0.2) is 0 Å². The number of nitrogens with zero attached hydrogens (tertiary/aromatic N) is 3. The predicted octanol–water partition coefficient (Wildman–Crippen LogP) is 2.36. The molecule has 1 aromatic heterocycles. The van der Waals surface area contributed by atoms with E-state index in [1.54, 1.807) is 0 Å². The summed E-state index contributed by atoms with van der Waals surface area (Å²) >= 11 is 0. The Morgan fingerprint density at radius 1 is 1.19 bits per heavy atom. The topological polar surface area (TPSA) is 86.0 Å². The van der Waals surface area contributed by atoms with Crippen LogP contribution < -0.4 is 15.8 Å². The SMILES string of the molecule is COc1nc(N)nc(Nc2cc(C(F)(F)F)ccc2F)n1. The molecule has 2 rings (SSSR count). The third kappa shape index (κ3) is 3.46. The van der Waals surface area contributed by atoms with Crippen LogP contribution in [0.15, 0.2) is 18.2 Å². The van der Waals surface area contributed by atoms with Gasteiger partial charge in [-0.25, -0.2) is 4.39 Å². The molecule has 0 saturated carbocycles. The summed E-state index contributed by atoms with van der Waals surface area (Å²) in [6, 6.07) is 1.76. The first-order valence-electron chi connectivity index (χ1n) is 5.49. The Morgan fingerprint density at radius 2 is 1.90 bits per heavy atom. The van der Waals surface area contributed by atoms with E-state index in [1.807, 2.05) is 0 Å². The zero-order valence-corrected chi connectivity index (χ0v) is 10.6. The van der Waals surface area contributed by atoms with E-state index in [-0.39, 0.29) is 17.9 Å². The van der Waals surface area contributed by atoms with Gasteiger partial charge in [0, 0.05) is 0 Å². The van der Waals surface area contributed by atoms with E-state index in [0.29, 0.717) is 18.2 Å². The molecule has 0 aliphatic carbocycles. The number of hydrogen-bond acceptors (Lipinski definition) is 6. The maximum atomic E-state index is 13.6. The molecule has 2 aromatic rings. The number of anilines is 3. The normalized spacial score (nSPS) is 11.3. The molecule has 0 spiro atoms. The minimum atomic E-state index is -4.60. The molecule has 0 fully saturated rings. The maximum absolute atomic E-state index is 13.6. The Morgan fingerprint density at radius 3 is 2.52 bits per heavy atom. The monoisotopic (exact) mass is 303 g/mol. The first kappa shape index (κ1) is 14.8. The number of hydrogen-bond donors (Lipinski definition) is 2. The number of methoxy groups -OCH3 is 1. The lowest BCUT2D eigenvalue weighted by molar-refractivity contribution is -0.137. The number of ether oxygens (including phenoxy) is 1. The Kier molecular flexibility index (Phi) is 3.78. The lowest BCUT2D eigenvalue weighted by Gasteiger charge is -2.11. The Bertz CT molecular complexity index is 662. The van der Waals surface area contributed by atoms with Gasteiger partial charge in [-0.05, 0) is 18.2 Å². The van der Waals surface area contributed by atoms with Crippen molar-refractivity contribution in [1.82, 2.24) is 15.0 Å². The van der Waals surface area contributed by atoms with Crippen molar-refractivity contribution in [2.45, 2.75) is 6.18 Å². The standard InChI is InChI=1S/C11H9F4N5O/c1-21-10-19-8(16)18-9(20-10)17-7-4-5(11(13,14)15)2-3-6(7)12/h2-4H,1H3,(H3,16,17,18,19,20). The van der Waals surface area contributed by atoms with E-state index in [9.17, 15) is 17.6 Å². The summed E-state index contributed by atoms with van der Waals surface area (Å²) < 4.78 is 56.1. The average molecular weight is 303 g/mol. The molecule has 6 nitrogen and oxygen atoms in total. The molecule has 10 heteroatoms. The van der Waals surface area contributed by atoms with Gasteiger partial charge in [0.2, 0.25) is 11.9 Å². The molecule has 3 N–H and O–H groups in total. The minimum absolute atomic E-state index is 0.155. The summed E-state index contributed by atoms with van der Waals surface area (Å²) in [6.45, 7) is 0. The number of rotatable bonds is 3. The van der Waals surface area contributed by atoms with Crippen molar-refractivity contribution in [1.29, 1.82) is 0 Å². The van der Waals surface area contributed by atoms with E-state index < -0.39 is 23.2 Å². The number of halogens is 4. The van der Waals surface area contributed by atoms with Gasteiger partial charge in [-0.2, -0.15) is 28.1 Å². The number of benzene rings is 1. The maximum Gasteiger partial charge on any atom is 0.416 e. The fourth-order valence-electron chi connectivity index (χ4n) is 1.44. The van der Waals surface area contributed by atoms with Gasteiger partial charge in [0.05, 0.1) is 18.4 Å². The molecule has 0 bridgehead atoms. The number of nitrogen functional groups attached to an aromatic ring is 1. The van der Waals surface area contributed by atoms with Crippen LogP contribution in [0.2, 0.25) is 0 Å². The molecular formula is C11H9F4N5O. The smallest absolute Gasteiger partial charge is 0.416 e. The van der Waals surface area contributed by atoms with E-state index in [2.05, 4.69) is 20.3 Å². The van der Waals surface area contributed by atoms with Gasteiger partial charge < -0.3 is 15.8 Å². The summed E-state index contributed by atoms with van der Waals surface area (Å²) in [4.78, 5) is 10.9. The lowest BCUT2D eigenvalue weighted by Crippen LogP contribution is -2.08. The summed E-state index contributed by atoms with van der Waals surface area (Å²) in [5, 5.41) is 2.30. The van der Waals surface area contributed by atoms with Crippen molar-refractivity contribution >= 4 is 17.6 Å². The molecule has 1 aromatic carbocycles. The number of nitrogens with two attached hydrogens (primary N) is 1. The molecule has 0 aliphatic heterocycles. The predicted molar refractivity (Wildman–Crippen MR) is 65.5 cm³/mol. The zero-order valence-electron chi connectivity index (χ0n) is 10.6. The van der Waals surface area contributed by atoms with Crippen LogP contribution in [0.25, 0.3) is 0 Å². The molecule has 1 heterocycles. The number of nitrogens with one attached hydrogen (secondary N) is 1. The Balaban J connectivity index is 2.37. The molecule has 0 aliphatic rings. The second kappa shape index (κ2) is 5.38. The zero-order chi connectivity index (χ0) is 15.6. The van der Waals surface area contributed by atoms with E-state index in [4.69, 9.17) is 10.5 Å². The quantitative estimate of drug-likeness (QED) is 0.847. The van der Waals surface area contributed by atoms with Crippen LogP contribution in [0.5, 0.6) is 6.01 Å². The van der Waals surface area contributed by atoms with Crippen LogP contribution in [0.3, 0.4) is 0 Å². The minimum Gasteiger partial charge on any atom is -0.467 e. The Labute approximate surface area is 116 Å². The largest absolute Gasteiger partial charge is 0.467 e. The molecule has 112 valence electrons. The first-order valence-corrected chi connectivity index (χ1v) is 5.49. The van der Waals surface area contributed by atoms with Gasteiger partial charge in [-0.15, -0.1) is 0 Å². The van der Waals surface area contributed by atoms with Crippen LogP contribution in [0.4, 0.5) is 35.1 Å². The summed E-state index contributed by atoms with van der Waals surface area (Å²) in [6.07, 6.45) is -4.60. The van der Waals surface area contributed by atoms with Crippen LogP contribution >= 0.6 is 0 Å². The van der Waals surface area contributed by atoms with Crippen molar-refractivity contribution in [3.63, 3.8) is 0 Å². The molecule has 21 heavy (non-hydrogen) atoms. The highest BCUT2D eigenvalue weighted by Gasteiger charge is 2.31.